The Morgan fingerprint density at radius 1 is 1.24 bits per heavy atom. The summed E-state index contributed by atoms with van der Waals surface area (Å²) in [5.74, 6) is -0.431. The van der Waals surface area contributed by atoms with Gasteiger partial charge in [-0.3, -0.25) is 9.59 Å². The third-order valence-corrected chi connectivity index (χ3v) is 2.12. The largest absolute Gasteiger partial charge is 0.397 e. The van der Waals surface area contributed by atoms with Crippen LogP contribution in [0, 0.1) is 0 Å². The molecule has 0 atom stereocenters. The molecule has 0 aliphatic rings. The van der Waals surface area contributed by atoms with Gasteiger partial charge in [0.25, 0.3) is 11.5 Å². The molecule has 2 rings (SSSR count). The Labute approximate surface area is 96.5 Å². The number of carbonyl (C=O) groups is 1. The van der Waals surface area contributed by atoms with Crippen molar-refractivity contribution in [2.45, 2.75) is 0 Å². The summed E-state index contributed by atoms with van der Waals surface area (Å²) in [7, 11) is 0. The first-order valence-electron chi connectivity index (χ1n) is 4.88. The minimum Gasteiger partial charge on any atom is -0.397 e. The number of nitrogens with one attached hydrogen (secondary N) is 2. The van der Waals surface area contributed by atoms with Crippen LogP contribution in [0.2, 0.25) is 0 Å². The van der Waals surface area contributed by atoms with E-state index in [0.717, 1.165) is 0 Å². The minimum absolute atomic E-state index is 0.118. The van der Waals surface area contributed by atoms with Gasteiger partial charge in [-0.05, 0) is 18.2 Å². The van der Waals surface area contributed by atoms with Crippen LogP contribution in [0.15, 0.2) is 41.2 Å². The molecule has 0 saturated heterocycles. The fraction of sp³-hybridized carbons (Fsp3) is 0. The Morgan fingerprint density at radius 2 is 2.00 bits per heavy atom. The normalized spacial score (nSPS) is 9.88. The number of para-hydroxylation sites is 2. The summed E-state index contributed by atoms with van der Waals surface area (Å²) in [5.41, 5.74) is 6.40. The number of nitrogens with zero attached hydrogens (tertiary/aromatic N) is 1. The van der Waals surface area contributed by atoms with E-state index in [2.05, 4.69) is 15.5 Å². The van der Waals surface area contributed by atoms with E-state index >= 15 is 0 Å². The molecule has 6 heteroatoms. The molecule has 0 fully saturated rings. The Balaban J connectivity index is 2.20. The van der Waals surface area contributed by atoms with Gasteiger partial charge in [-0.1, -0.05) is 12.1 Å². The standard InChI is InChI=1S/C11H10N4O2/c12-7-3-1-2-4-8(7)13-11(17)9-5-6-10(16)15-14-9/h1-6H,12H2,(H,13,17)(H,15,16). The number of carbonyl (C=O) groups excluding carboxylic acids is 1. The van der Waals surface area contributed by atoms with E-state index in [4.69, 9.17) is 5.73 Å². The molecule has 0 unspecified atom stereocenters. The molecule has 1 amide bonds. The third-order valence-electron chi connectivity index (χ3n) is 2.12. The lowest BCUT2D eigenvalue weighted by Crippen LogP contribution is -2.18. The minimum atomic E-state index is -0.431. The molecule has 0 aliphatic carbocycles. The molecular weight excluding hydrogens is 220 g/mol. The molecule has 0 spiro atoms. The van der Waals surface area contributed by atoms with Crippen molar-refractivity contribution in [2.24, 2.45) is 0 Å². The van der Waals surface area contributed by atoms with Gasteiger partial charge in [-0.15, -0.1) is 0 Å². The molecule has 0 radical (unpaired) electrons. The summed E-state index contributed by atoms with van der Waals surface area (Å²) in [6.07, 6.45) is 0. The van der Waals surface area contributed by atoms with E-state index < -0.39 is 5.91 Å². The van der Waals surface area contributed by atoms with Gasteiger partial charge >= 0.3 is 0 Å². The highest BCUT2D eigenvalue weighted by Crippen LogP contribution is 2.17. The van der Waals surface area contributed by atoms with Gasteiger partial charge in [0.2, 0.25) is 0 Å². The van der Waals surface area contributed by atoms with Crippen molar-refractivity contribution in [1.82, 2.24) is 10.2 Å². The zero-order chi connectivity index (χ0) is 12.3. The van der Waals surface area contributed by atoms with Crippen LogP contribution in [0.3, 0.4) is 0 Å². The first-order chi connectivity index (χ1) is 8.16. The predicted molar refractivity (Wildman–Crippen MR) is 63.7 cm³/mol. The van der Waals surface area contributed by atoms with Crippen molar-refractivity contribution >= 4 is 17.3 Å². The van der Waals surface area contributed by atoms with Gasteiger partial charge < -0.3 is 11.1 Å². The van der Waals surface area contributed by atoms with Crippen LogP contribution < -0.4 is 16.6 Å². The smallest absolute Gasteiger partial charge is 0.276 e. The van der Waals surface area contributed by atoms with Gasteiger partial charge in [0, 0.05) is 6.07 Å². The summed E-state index contributed by atoms with van der Waals surface area (Å²) in [6, 6.07) is 9.45. The van der Waals surface area contributed by atoms with E-state index in [0.29, 0.717) is 11.4 Å². The SMILES string of the molecule is Nc1ccccc1NC(=O)c1ccc(=O)[nH]n1. The third kappa shape index (κ3) is 2.49. The highest BCUT2D eigenvalue weighted by molar-refractivity contribution is 6.04. The number of aromatic nitrogens is 2. The van der Waals surface area contributed by atoms with Crippen molar-refractivity contribution in [3.8, 4) is 0 Å². The van der Waals surface area contributed by atoms with Crippen molar-refractivity contribution in [1.29, 1.82) is 0 Å². The Kier molecular flexibility index (Phi) is 2.87. The first-order valence-corrected chi connectivity index (χ1v) is 4.88. The Bertz CT molecular complexity index is 586. The molecule has 0 aliphatic heterocycles. The van der Waals surface area contributed by atoms with Crippen LogP contribution in [-0.2, 0) is 0 Å². The van der Waals surface area contributed by atoms with Crippen LogP contribution >= 0.6 is 0 Å². The van der Waals surface area contributed by atoms with E-state index in [-0.39, 0.29) is 11.3 Å². The summed E-state index contributed by atoms with van der Waals surface area (Å²) >= 11 is 0. The molecule has 4 N–H and O–H groups in total. The predicted octanol–water partition coefficient (Wildman–Crippen LogP) is 0.604. The van der Waals surface area contributed by atoms with Crippen molar-refractivity contribution in [3.63, 3.8) is 0 Å². The lowest BCUT2D eigenvalue weighted by molar-refractivity contribution is 0.102. The number of nitrogen functional groups attached to an aromatic ring is 1. The number of nitrogens with two attached hydrogens (primary N) is 1. The van der Waals surface area contributed by atoms with Gasteiger partial charge in [0.05, 0.1) is 11.4 Å². The number of amides is 1. The van der Waals surface area contributed by atoms with Crippen molar-refractivity contribution in [3.05, 3.63) is 52.4 Å². The highest BCUT2D eigenvalue weighted by atomic mass is 16.2. The van der Waals surface area contributed by atoms with E-state index in [9.17, 15) is 9.59 Å². The van der Waals surface area contributed by atoms with Gasteiger partial charge in [0.1, 0.15) is 5.69 Å². The Hall–Kier alpha value is -2.63. The van der Waals surface area contributed by atoms with Gasteiger partial charge in [-0.2, -0.15) is 5.10 Å². The maximum Gasteiger partial charge on any atom is 0.276 e. The van der Waals surface area contributed by atoms with Crippen molar-refractivity contribution < 1.29 is 4.79 Å². The first kappa shape index (κ1) is 10.9. The number of hydrogen-bond donors (Lipinski definition) is 3. The molecule has 17 heavy (non-hydrogen) atoms. The molecule has 0 bridgehead atoms. The Morgan fingerprint density at radius 3 is 2.65 bits per heavy atom. The number of anilines is 2. The zero-order valence-electron chi connectivity index (χ0n) is 8.81. The summed E-state index contributed by atoms with van der Waals surface area (Å²) in [6.45, 7) is 0. The van der Waals surface area contributed by atoms with E-state index in [1.807, 2.05) is 0 Å². The molecule has 2 aromatic rings. The number of aromatic amines is 1. The quantitative estimate of drug-likeness (QED) is 0.657. The lowest BCUT2D eigenvalue weighted by atomic mass is 10.2. The molecule has 6 nitrogen and oxygen atoms in total. The second kappa shape index (κ2) is 4.48. The van der Waals surface area contributed by atoms with Gasteiger partial charge in [-0.25, -0.2) is 5.10 Å². The summed E-state index contributed by atoms with van der Waals surface area (Å²) in [4.78, 5) is 22.5. The number of H-pyrrole nitrogens is 1. The second-order valence-corrected chi connectivity index (χ2v) is 3.35. The highest BCUT2D eigenvalue weighted by Gasteiger charge is 2.08. The molecule has 86 valence electrons. The topological polar surface area (TPSA) is 101 Å². The molecule has 1 heterocycles. The monoisotopic (exact) mass is 230 g/mol. The van der Waals surface area contributed by atoms with Crippen LogP contribution in [0.4, 0.5) is 11.4 Å². The summed E-state index contributed by atoms with van der Waals surface area (Å²) < 4.78 is 0. The lowest BCUT2D eigenvalue weighted by Gasteiger charge is -2.06. The number of benzene rings is 1. The second-order valence-electron chi connectivity index (χ2n) is 3.35. The molecule has 1 aromatic heterocycles. The van der Waals surface area contributed by atoms with Crippen LogP contribution in [0.25, 0.3) is 0 Å². The van der Waals surface area contributed by atoms with E-state index in [1.54, 1.807) is 24.3 Å². The molecule has 0 saturated carbocycles. The average Bonchev–Trinajstić information content (AvgIpc) is 2.33. The van der Waals surface area contributed by atoms with Crippen LogP contribution in [0.1, 0.15) is 10.5 Å². The molecule has 1 aromatic carbocycles. The maximum absolute atomic E-state index is 11.7. The fourth-order valence-corrected chi connectivity index (χ4v) is 1.27. The van der Waals surface area contributed by atoms with Crippen molar-refractivity contribution in [2.75, 3.05) is 11.1 Å². The van der Waals surface area contributed by atoms with Gasteiger partial charge in [0.15, 0.2) is 0 Å². The number of hydrogen-bond acceptors (Lipinski definition) is 4. The van der Waals surface area contributed by atoms with Crippen LogP contribution in [-0.4, -0.2) is 16.1 Å². The summed E-state index contributed by atoms with van der Waals surface area (Å²) in [5, 5.41) is 8.39. The molecular formula is C11H10N4O2. The number of rotatable bonds is 2. The fourth-order valence-electron chi connectivity index (χ4n) is 1.27. The van der Waals surface area contributed by atoms with E-state index in [1.165, 1.54) is 12.1 Å². The zero-order valence-corrected chi connectivity index (χ0v) is 8.81. The average molecular weight is 230 g/mol. The maximum atomic E-state index is 11.7. The van der Waals surface area contributed by atoms with Crippen LogP contribution in [0.5, 0.6) is 0 Å².